The number of ether oxygens (including phenoxy) is 3. The maximum absolute atomic E-state index is 12.3. The lowest BCUT2D eigenvalue weighted by molar-refractivity contribution is -0.136. The zero-order valence-corrected chi connectivity index (χ0v) is 16.8. The van der Waals surface area contributed by atoms with Crippen molar-refractivity contribution in [3.05, 3.63) is 75.2 Å². The molecule has 2 N–H and O–H groups in total. The van der Waals surface area contributed by atoms with Crippen molar-refractivity contribution in [3.63, 3.8) is 0 Å². The number of furan rings is 1. The Bertz CT molecular complexity index is 998. The summed E-state index contributed by atoms with van der Waals surface area (Å²) >= 11 is 3.37. The third-order valence-electron chi connectivity index (χ3n) is 4.17. The van der Waals surface area contributed by atoms with Crippen molar-refractivity contribution in [1.82, 2.24) is 0 Å². The van der Waals surface area contributed by atoms with Crippen LogP contribution in [-0.2, 0) is 20.9 Å². The van der Waals surface area contributed by atoms with Gasteiger partial charge in [0.15, 0.2) is 0 Å². The van der Waals surface area contributed by atoms with E-state index in [1.807, 2.05) is 30.3 Å². The van der Waals surface area contributed by atoms with Crippen LogP contribution in [0.25, 0.3) is 0 Å². The quantitative estimate of drug-likeness (QED) is 0.696. The monoisotopic (exact) mass is 444 g/mol. The van der Waals surface area contributed by atoms with Gasteiger partial charge in [-0.25, -0.2) is 4.79 Å². The van der Waals surface area contributed by atoms with Gasteiger partial charge < -0.3 is 24.4 Å². The van der Waals surface area contributed by atoms with Gasteiger partial charge in [0, 0.05) is 4.47 Å². The van der Waals surface area contributed by atoms with E-state index in [1.54, 1.807) is 19.1 Å². The minimum Gasteiger partial charge on any atom is -0.486 e. The van der Waals surface area contributed by atoms with Gasteiger partial charge in [-0.15, -0.1) is 0 Å². The van der Waals surface area contributed by atoms with Crippen LogP contribution >= 0.6 is 15.9 Å². The Labute approximate surface area is 170 Å². The summed E-state index contributed by atoms with van der Waals surface area (Å²) in [4.78, 5) is 12.3. The van der Waals surface area contributed by atoms with Gasteiger partial charge in [0.05, 0.1) is 18.6 Å². The van der Waals surface area contributed by atoms with E-state index in [2.05, 4.69) is 15.9 Å². The van der Waals surface area contributed by atoms with Crippen molar-refractivity contribution >= 4 is 21.9 Å². The molecule has 0 fully saturated rings. The first-order valence-corrected chi connectivity index (χ1v) is 9.07. The fourth-order valence-electron chi connectivity index (χ4n) is 2.85. The second-order valence-electron chi connectivity index (χ2n) is 5.93. The molecule has 1 aromatic heterocycles. The number of hydrogen-bond donors (Lipinski definition) is 1. The summed E-state index contributed by atoms with van der Waals surface area (Å²) in [6.45, 7) is 1.77. The number of halogens is 1. The molecule has 144 valence electrons. The Hall–Kier alpha value is -3.18. The van der Waals surface area contributed by atoms with Crippen LogP contribution in [0.5, 0.6) is 5.75 Å². The zero-order chi connectivity index (χ0) is 20.3. The molecule has 7 nitrogen and oxygen atoms in total. The van der Waals surface area contributed by atoms with Crippen LogP contribution in [-0.4, -0.2) is 13.1 Å². The third-order valence-corrected chi connectivity index (χ3v) is 4.70. The Kier molecular flexibility index (Phi) is 5.76. The summed E-state index contributed by atoms with van der Waals surface area (Å²) in [5.74, 6) is 0.345. The van der Waals surface area contributed by atoms with Gasteiger partial charge in [0.2, 0.25) is 5.88 Å². The third kappa shape index (κ3) is 3.89. The molecule has 0 saturated carbocycles. The average molecular weight is 445 g/mol. The number of benzene rings is 1. The summed E-state index contributed by atoms with van der Waals surface area (Å²) in [6.07, 6.45) is 0. The number of rotatable bonds is 5. The smallest absolute Gasteiger partial charge is 0.338 e. The molecule has 0 radical (unpaired) electrons. The molecule has 1 unspecified atom stereocenters. The van der Waals surface area contributed by atoms with Crippen LogP contribution in [0.2, 0.25) is 0 Å². The maximum Gasteiger partial charge on any atom is 0.338 e. The van der Waals surface area contributed by atoms with Crippen molar-refractivity contribution in [2.24, 2.45) is 5.73 Å². The standard InChI is InChI=1S/C20H17BrN2O5/c1-11-17(20(24)25-2)18(15(9-22)19(23)27-11)16-8-7-14(28-16)10-26-13-5-3-12(21)4-6-13/h3-8,18H,10,23H2,1-2H3. The molecule has 8 heteroatoms. The highest BCUT2D eigenvalue weighted by Gasteiger charge is 2.38. The number of esters is 1. The molecule has 0 saturated heterocycles. The highest BCUT2D eigenvalue weighted by molar-refractivity contribution is 9.10. The SMILES string of the molecule is COC(=O)C1=C(C)OC(N)=C(C#N)C1c1ccc(COc2ccc(Br)cc2)o1. The molecular formula is C20H17BrN2O5. The zero-order valence-electron chi connectivity index (χ0n) is 15.2. The topological polar surface area (TPSA) is 108 Å². The lowest BCUT2D eigenvalue weighted by atomic mass is 9.87. The predicted octanol–water partition coefficient (Wildman–Crippen LogP) is 3.88. The van der Waals surface area contributed by atoms with E-state index in [0.29, 0.717) is 17.3 Å². The number of nitrogens with two attached hydrogens (primary N) is 1. The van der Waals surface area contributed by atoms with Gasteiger partial charge in [-0.05, 0) is 43.3 Å². The van der Waals surface area contributed by atoms with Crippen LogP contribution in [0.3, 0.4) is 0 Å². The summed E-state index contributed by atoms with van der Waals surface area (Å²) in [5.41, 5.74) is 6.10. The fraction of sp³-hybridized carbons (Fsp3) is 0.200. The largest absolute Gasteiger partial charge is 0.486 e. The second kappa shape index (κ2) is 8.23. The molecule has 1 aromatic carbocycles. The molecule has 1 aliphatic rings. The van der Waals surface area contributed by atoms with Crippen molar-refractivity contribution in [2.75, 3.05) is 7.11 Å². The van der Waals surface area contributed by atoms with Crippen LogP contribution in [0.4, 0.5) is 0 Å². The van der Waals surface area contributed by atoms with Gasteiger partial charge in [0.25, 0.3) is 0 Å². The van der Waals surface area contributed by atoms with E-state index in [-0.39, 0.29) is 29.4 Å². The molecule has 0 bridgehead atoms. The van der Waals surface area contributed by atoms with E-state index < -0.39 is 11.9 Å². The summed E-state index contributed by atoms with van der Waals surface area (Å²) in [5, 5.41) is 9.52. The minimum atomic E-state index is -0.812. The number of carbonyl (C=O) groups is 1. The van der Waals surface area contributed by atoms with Crippen molar-refractivity contribution in [2.45, 2.75) is 19.4 Å². The number of allylic oxidation sites excluding steroid dienone is 2. The Morgan fingerprint density at radius 1 is 1.29 bits per heavy atom. The van der Waals surface area contributed by atoms with Crippen molar-refractivity contribution in [1.29, 1.82) is 5.26 Å². The fourth-order valence-corrected chi connectivity index (χ4v) is 3.12. The van der Waals surface area contributed by atoms with E-state index >= 15 is 0 Å². The highest BCUT2D eigenvalue weighted by atomic mass is 79.9. The maximum atomic E-state index is 12.3. The summed E-state index contributed by atoms with van der Waals surface area (Å²) < 4.78 is 22.7. The molecule has 1 aliphatic heterocycles. The lowest BCUT2D eigenvalue weighted by Gasteiger charge is -2.24. The average Bonchev–Trinajstić information content (AvgIpc) is 3.15. The van der Waals surface area contributed by atoms with Crippen molar-refractivity contribution < 1.29 is 23.4 Å². The summed E-state index contributed by atoms with van der Waals surface area (Å²) in [6, 6.07) is 12.8. The molecule has 0 spiro atoms. The Morgan fingerprint density at radius 2 is 2.00 bits per heavy atom. The van der Waals surface area contributed by atoms with E-state index in [9.17, 15) is 10.1 Å². The first-order valence-electron chi connectivity index (χ1n) is 8.28. The lowest BCUT2D eigenvalue weighted by Crippen LogP contribution is -2.24. The van der Waals surface area contributed by atoms with Crippen LogP contribution in [0.1, 0.15) is 24.4 Å². The van der Waals surface area contributed by atoms with E-state index in [1.165, 1.54) is 7.11 Å². The second-order valence-corrected chi connectivity index (χ2v) is 6.85. The molecule has 0 aliphatic carbocycles. The van der Waals surface area contributed by atoms with Crippen molar-refractivity contribution in [3.8, 4) is 11.8 Å². The normalized spacial score (nSPS) is 16.4. The van der Waals surface area contributed by atoms with E-state index in [0.717, 1.165) is 4.47 Å². The molecular weight excluding hydrogens is 428 g/mol. The Morgan fingerprint density at radius 3 is 2.64 bits per heavy atom. The molecule has 1 atom stereocenters. The first kappa shape index (κ1) is 19.6. The first-order chi connectivity index (χ1) is 13.4. The van der Waals surface area contributed by atoms with Crippen LogP contribution in [0.15, 0.2) is 68.1 Å². The predicted molar refractivity (Wildman–Crippen MR) is 103 cm³/mol. The number of methoxy groups -OCH3 is 1. The molecule has 2 aromatic rings. The van der Waals surface area contributed by atoms with Gasteiger partial charge in [-0.3, -0.25) is 0 Å². The number of nitriles is 1. The molecule has 0 amide bonds. The number of carbonyl (C=O) groups excluding carboxylic acids is 1. The Balaban J connectivity index is 1.88. The van der Waals surface area contributed by atoms with Gasteiger partial charge in [-0.2, -0.15) is 5.26 Å². The molecule has 2 heterocycles. The highest BCUT2D eigenvalue weighted by Crippen LogP contribution is 2.40. The van der Waals surface area contributed by atoms with Gasteiger partial charge in [0.1, 0.15) is 41.3 Å². The van der Waals surface area contributed by atoms with Gasteiger partial charge >= 0.3 is 5.97 Å². The summed E-state index contributed by atoms with van der Waals surface area (Å²) in [7, 11) is 1.26. The van der Waals surface area contributed by atoms with Crippen LogP contribution < -0.4 is 10.5 Å². The number of nitrogens with zero attached hydrogens (tertiary/aromatic N) is 1. The van der Waals surface area contributed by atoms with Crippen LogP contribution in [0, 0.1) is 11.3 Å². The minimum absolute atomic E-state index is 0.0679. The van der Waals surface area contributed by atoms with Gasteiger partial charge in [-0.1, -0.05) is 15.9 Å². The molecule has 28 heavy (non-hydrogen) atoms. The number of hydrogen-bond acceptors (Lipinski definition) is 7. The van der Waals surface area contributed by atoms with E-state index in [4.69, 9.17) is 24.4 Å². The molecule has 3 rings (SSSR count).